The first-order chi connectivity index (χ1) is 65.5. The third kappa shape index (κ3) is 19.6. The summed E-state index contributed by atoms with van der Waals surface area (Å²) in [6.07, 6.45) is -26.8. The minimum atomic E-state index is -4.73. The Balaban J connectivity index is 0.000000275. The number of hydrogen-bond donors (Lipinski definition) is 0. The second-order valence-corrected chi connectivity index (χ2v) is 24.3. The molecular weight excluding hydrogens is 1420 g/mol. The van der Waals surface area contributed by atoms with Crippen LogP contribution < -0.4 is 10.9 Å². The summed E-state index contributed by atoms with van der Waals surface area (Å²) in [4.78, 5) is 57.7. The largest absolute Gasteiger partial charge is 0.416 e. The van der Waals surface area contributed by atoms with Gasteiger partial charge in [-0.25, -0.2) is 17.6 Å². The summed E-state index contributed by atoms with van der Waals surface area (Å²) in [6.45, 7) is -29.5. The van der Waals surface area contributed by atoms with Crippen LogP contribution in [-0.4, -0.2) is 119 Å². The first kappa shape index (κ1) is 42.5. The summed E-state index contributed by atoms with van der Waals surface area (Å²) >= 11 is 0.0954. The molecular formula is C82H80F10N6O6S2. The maximum Gasteiger partial charge on any atom is 0.416 e. The van der Waals surface area contributed by atoms with E-state index in [4.69, 9.17) is 32.9 Å². The van der Waals surface area contributed by atoms with Crippen molar-refractivity contribution >= 4 is 57.1 Å². The third-order valence-corrected chi connectivity index (χ3v) is 17.2. The zero-order chi connectivity index (χ0) is 109. The molecule has 24 heteroatoms. The molecule has 106 heavy (non-hydrogen) atoms. The second kappa shape index (κ2) is 35.1. The van der Waals surface area contributed by atoms with Gasteiger partial charge in [0.1, 0.15) is 13.1 Å². The van der Waals surface area contributed by atoms with Crippen molar-refractivity contribution in [2.75, 3.05) is 66.4 Å². The van der Waals surface area contributed by atoms with E-state index in [1.54, 1.807) is 0 Å². The molecule has 2 saturated heterocycles. The van der Waals surface area contributed by atoms with E-state index in [1.807, 2.05) is 0 Å². The van der Waals surface area contributed by atoms with Crippen molar-refractivity contribution < 1.29 is 115 Å². The Morgan fingerprint density at radius 1 is 0.538 bits per heavy atom. The molecule has 0 spiro atoms. The fourth-order valence-electron chi connectivity index (χ4n) is 10.0. The number of alkyl halides is 6. The zero-order valence-corrected chi connectivity index (χ0v) is 56.5. The van der Waals surface area contributed by atoms with Gasteiger partial charge >= 0.3 is 12.4 Å². The summed E-state index contributed by atoms with van der Waals surface area (Å²) in [5, 5.41) is -3.44. The number of nitrogens with zero attached hydrogens (tertiary/aromatic N) is 6. The molecule has 0 N–H and O–H groups in total. The van der Waals surface area contributed by atoms with E-state index in [-0.39, 0.29) is 60.5 Å². The zero-order valence-electron chi connectivity index (χ0n) is 92.9. The number of benzene rings is 8. The number of carbonyl (C=O) groups excluding carboxylic acids is 2. The minimum Gasteiger partial charge on any atom is -0.383 e. The van der Waals surface area contributed by atoms with Gasteiger partial charge in [0, 0.05) is 148 Å². The average Bonchev–Trinajstić information content (AvgIpc) is 0.662. The summed E-state index contributed by atoms with van der Waals surface area (Å²) in [5.74, 6) is -10.7. The van der Waals surface area contributed by atoms with Gasteiger partial charge in [0.15, 0.2) is 34.1 Å². The van der Waals surface area contributed by atoms with Crippen LogP contribution in [0.25, 0.3) is 44.1 Å². The Bertz CT molecular complexity index is 6750. The quantitative estimate of drug-likeness (QED) is 0.0428. The first-order valence-corrected chi connectivity index (χ1v) is 32.9. The van der Waals surface area contributed by atoms with E-state index in [0.717, 1.165) is 134 Å². The van der Waals surface area contributed by atoms with Crippen LogP contribution in [0.5, 0.6) is 0 Å². The van der Waals surface area contributed by atoms with E-state index in [9.17, 15) is 68.3 Å². The highest BCUT2D eigenvalue weighted by molar-refractivity contribution is 7.98. The van der Waals surface area contributed by atoms with E-state index in [2.05, 4.69) is 9.47 Å². The van der Waals surface area contributed by atoms with Crippen LogP contribution in [-0.2, 0) is 69.0 Å². The molecule has 556 valence electrons. The van der Waals surface area contributed by atoms with E-state index in [0.29, 0.717) is 27.0 Å². The number of halogens is 10. The number of rotatable bonds is 24. The Morgan fingerprint density at radius 3 is 1.31 bits per heavy atom. The number of ether oxygens (including phenoxy) is 2. The molecule has 12 nitrogen and oxygen atoms in total. The van der Waals surface area contributed by atoms with Crippen molar-refractivity contribution in [1.82, 2.24) is 28.7 Å². The minimum absolute atomic E-state index is 0.0849. The van der Waals surface area contributed by atoms with Gasteiger partial charge in [0.2, 0.25) is 11.8 Å². The topological polar surface area (TPSA) is 110 Å². The van der Waals surface area contributed by atoms with Crippen LogP contribution in [0.3, 0.4) is 0 Å². The molecule has 8 aromatic carbocycles. The lowest BCUT2D eigenvalue weighted by Gasteiger charge is -2.39. The summed E-state index contributed by atoms with van der Waals surface area (Å²) in [6, 6.07) is 4.05. The van der Waals surface area contributed by atoms with Crippen LogP contribution >= 0.6 is 23.5 Å². The number of thioether (sulfide) groups is 2. The van der Waals surface area contributed by atoms with Crippen molar-refractivity contribution in [3.8, 4) is 22.3 Å². The van der Waals surface area contributed by atoms with Crippen molar-refractivity contribution in [3.63, 3.8) is 0 Å². The Hall–Kier alpha value is -9.04. The monoisotopic (exact) mass is 1540 g/mol. The lowest BCUT2D eigenvalue weighted by molar-refractivity contribution is -0.138. The number of carbonyl (C=O) groups is 2. The van der Waals surface area contributed by atoms with Crippen LogP contribution in [0.15, 0.2) is 201 Å². The van der Waals surface area contributed by atoms with Crippen LogP contribution in [0, 0.1) is 37.1 Å². The molecule has 2 fully saturated rings. The van der Waals surface area contributed by atoms with Crippen molar-refractivity contribution in [1.29, 1.82) is 0 Å². The van der Waals surface area contributed by atoms with Gasteiger partial charge in [-0.05, 0) is 133 Å². The number of methoxy groups -OCH3 is 2. The molecule has 0 saturated carbocycles. The van der Waals surface area contributed by atoms with Gasteiger partial charge < -0.3 is 38.2 Å². The predicted molar refractivity (Wildman–Crippen MR) is 395 cm³/mol. The first-order valence-electron chi connectivity index (χ1n) is 50.1. The van der Waals surface area contributed by atoms with Gasteiger partial charge in [-0.1, -0.05) is 120 Å². The van der Waals surface area contributed by atoms with Crippen molar-refractivity contribution in [3.05, 3.63) is 270 Å². The number of hydrogen-bond acceptors (Lipinski definition) is 10. The molecule has 0 atom stereocenters. The Labute approximate surface area is 669 Å². The molecule has 2 aliphatic heterocycles. The van der Waals surface area contributed by atoms with Gasteiger partial charge in [-0.2, -0.15) is 26.3 Å². The molecule has 0 bridgehead atoms. The number of aromatic nitrogens is 2. The normalized spacial score (nSPS) is 24.5. The van der Waals surface area contributed by atoms with Crippen LogP contribution in [0.4, 0.5) is 43.9 Å². The van der Waals surface area contributed by atoms with Gasteiger partial charge in [0.25, 0.3) is 0 Å². The van der Waals surface area contributed by atoms with Gasteiger partial charge in [0.05, 0.1) is 72.8 Å². The van der Waals surface area contributed by atoms with E-state index < -0.39 is 318 Å². The third-order valence-electron chi connectivity index (χ3n) is 15.3. The SMILES string of the molecule is [2H]c1c(C)c([2H])c2c(=O)c([2H])c(SC([2H])([2H])c3cccc(F)c3F)n(CC(=O)N(C([2H])([2H])c3ccc(-c4ccc(C(F)(F)F)cc4)cc3)C3([2H])C([2H])([2H])C([2H])([2H])N(CCOC([2H])([2H])[2H])C([2H])([2H])C3([2H])[2H])c2c1[2H].[2H]c1c(C)c([2H])c2c(=O)c([2H])c(SCc3cccc(F)c3F)n(CC(=O)N(C([2H])([2H])c3ccc(-c4ccc(C(F)(F)F)cc4)cc3)C3([2H])C([2H])([2H])C([2H])([2H])N(CCOC([2H])([2H])[2H])C([2H])([2H])C3([2H])[2H])c2c1[2H]. The van der Waals surface area contributed by atoms with E-state index in [1.165, 1.54) is 6.92 Å². The van der Waals surface area contributed by atoms with Crippen molar-refractivity contribution in [2.45, 2.75) is 111 Å². The predicted octanol–water partition coefficient (Wildman–Crippen LogP) is 17.4. The maximum absolute atomic E-state index is 15.5. The highest BCUT2D eigenvalue weighted by atomic mass is 32.2. The molecule has 0 aliphatic carbocycles. The number of piperidine rings is 2. The van der Waals surface area contributed by atoms with Crippen LogP contribution in [0.2, 0.25) is 0 Å². The lowest BCUT2D eigenvalue weighted by Crippen LogP contribution is -2.48. The molecule has 0 radical (unpaired) electrons. The van der Waals surface area contributed by atoms with Gasteiger partial charge in [-0.15, -0.1) is 23.5 Å². The van der Waals surface area contributed by atoms with E-state index >= 15 is 14.0 Å². The summed E-state index contributed by atoms with van der Waals surface area (Å²) < 4.78 is 485. The fraction of sp³-hybridized carbons (Fsp3) is 0.317. The standard InChI is InChI=1S/2C41H40F5N3O3S/c2*1-27-6-15-36-34(22-27)37(50)23-39(53-26-31-4-3-5-35(42)40(31)43)49(36)25-38(51)48(33-16-18-47(19-17-33)20-21-52-2)24-28-7-9-29(10-8-28)30-11-13-32(14-12-30)41(44,45)46/h2*3-15,22-23,33H,16-21,24-26H2,1-2H3/i2D3,6D,15D,16D2,17D2,18D2,19D2,22D,23D,24D2,26D2,33D;2D3,6D,15D,16D2,17D2,18D2,19D2,22D,23D,24D2,33D. The van der Waals surface area contributed by atoms with Crippen molar-refractivity contribution in [2.24, 2.45) is 0 Å². The average molecular weight is 1540 g/mol. The molecule has 2 aromatic heterocycles. The number of amides is 2. The second-order valence-electron chi connectivity index (χ2n) is 22.6. The maximum atomic E-state index is 15.5. The molecule has 12 rings (SSSR count). The van der Waals surface area contributed by atoms with Gasteiger partial charge in [-0.3, -0.25) is 19.2 Å². The number of fused-ring (bicyclic) bond motifs is 2. The molecule has 10 aromatic rings. The Kier molecular flexibility index (Phi) is 14.1. The summed E-state index contributed by atoms with van der Waals surface area (Å²) in [7, 11) is -6.36. The number of pyridine rings is 2. The van der Waals surface area contributed by atoms with Crippen LogP contribution in [0.1, 0.15) is 122 Å². The smallest absolute Gasteiger partial charge is 0.383 e. The number of likely N-dealkylation sites (tertiary alicyclic amines) is 2. The lowest BCUT2D eigenvalue weighted by atomic mass is 10.00. The summed E-state index contributed by atoms with van der Waals surface area (Å²) in [5.41, 5.74) is -12.9. The molecule has 4 heterocycles. The highest BCUT2D eigenvalue weighted by Crippen LogP contribution is 2.36. The fourth-order valence-corrected chi connectivity index (χ4v) is 11.8. The Morgan fingerprint density at radius 2 is 0.915 bits per heavy atom. The molecule has 0 unspecified atom stereocenters. The molecule has 2 aliphatic rings. The molecule has 2 amide bonds. The highest BCUT2D eigenvalue weighted by Gasteiger charge is 2.34.